The summed E-state index contributed by atoms with van der Waals surface area (Å²) in [6.07, 6.45) is 0. The van der Waals surface area contributed by atoms with Gasteiger partial charge in [0.2, 0.25) is 0 Å². The van der Waals surface area contributed by atoms with Crippen molar-refractivity contribution in [1.29, 1.82) is 31.6 Å². The quantitative estimate of drug-likeness (QED) is 0.204. The molecule has 39 heavy (non-hydrogen) atoms. The van der Waals surface area contributed by atoms with Gasteiger partial charge in [-0.3, -0.25) is 0 Å². The second-order valence-electron chi connectivity index (χ2n) is 3.51. The Kier molecular flexibility index (Phi) is 288. The molecule has 0 aliphatic heterocycles. The summed E-state index contributed by atoms with van der Waals surface area (Å²) in [6.45, 7) is 11.3. The summed E-state index contributed by atoms with van der Waals surface area (Å²) < 4.78 is 9.85. The fraction of sp³-hybridized carbons (Fsp3) is 0.700. The van der Waals surface area contributed by atoms with Crippen molar-refractivity contribution in [2.45, 2.75) is 41.5 Å². The summed E-state index contributed by atoms with van der Waals surface area (Å²) in [5.41, 5.74) is 0. The van der Waals surface area contributed by atoms with E-state index in [9.17, 15) is 0 Å². The Labute approximate surface area is 302 Å². The van der Waals surface area contributed by atoms with Crippen molar-refractivity contribution in [3.8, 4) is 36.4 Å². The minimum Gasteiger partial charge on any atom is -0.790 e. The monoisotopic (exact) mass is 811 g/mol. The molecule has 0 bridgehead atoms. The van der Waals surface area contributed by atoms with Crippen LogP contribution in [0.5, 0.6) is 0 Å². The number of rotatable bonds is 8. The minimum absolute atomic E-state index is 0. The van der Waals surface area contributed by atoms with Crippen molar-refractivity contribution in [3.63, 3.8) is 0 Å². The Morgan fingerprint density at radius 2 is 0.538 bits per heavy atom. The molecule has 0 aliphatic rings. The zero-order valence-corrected chi connectivity index (χ0v) is 33.1. The molecule has 227 valence electrons. The van der Waals surface area contributed by atoms with Crippen LogP contribution in [0.2, 0.25) is 0 Å². The van der Waals surface area contributed by atoms with E-state index in [1.807, 2.05) is 0 Å². The first-order valence-electron chi connectivity index (χ1n) is 9.33. The standard InChI is InChI=1S/2C4H10OS2.6C2H3N.4ClH.3V/c2*6-3-1-5-2-4-7;6*1-2-3;;;;;;;/h2*6-7H,1-4H2;6*1H3;4*1H;;;/q;;;;;;;;;;;;;2*+2/p-8. The third-order valence-electron chi connectivity index (χ3n) is 0.911. The fourth-order valence-electron chi connectivity index (χ4n) is 0.440. The number of nitrogens with zero attached hydrogens (tertiary/aromatic N) is 6. The van der Waals surface area contributed by atoms with Crippen LogP contribution >= 0.6 is 39.4 Å². The van der Waals surface area contributed by atoms with Crippen molar-refractivity contribution >= 4 is 89.9 Å². The number of hydrogen-bond acceptors (Lipinski definition) is 12. The zero-order valence-electron chi connectivity index (χ0n) is 22.6. The molecule has 0 saturated carbocycles. The van der Waals surface area contributed by atoms with Gasteiger partial charge < -0.3 is 60.0 Å². The minimum atomic E-state index is -0.368. The summed E-state index contributed by atoms with van der Waals surface area (Å²) in [5.74, 6) is 2.70. The van der Waals surface area contributed by atoms with E-state index in [2.05, 4.69) is 50.5 Å². The molecule has 0 N–H and O–H groups in total. The van der Waals surface area contributed by atoms with Gasteiger partial charge in [-0.25, -0.2) is 0 Å². The molecule has 0 aliphatic carbocycles. The van der Waals surface area contributed by atoms with E-state index in [4.69, 9.17) is 80.4 Å². The average Bonchev–Trinajstić information content (AvgIpc) is 2.84. The van der Waals surface area contributed by atoms with Gasteiger partial charge in [-0.05, 0) is 0 Å². The normalized spacial score (nSPS) is 5.33. The molecule has 0 aromatic heterocycles. The molecular formula is C20H34Cl4N6O2S4V3-4. The van der Waals surface area contributed by atoms with Gasteiger partial charge in [-0.2, -0.15) is 54.6 Å². The van der Waals surface area contributed by atoms with Gasteiger partial charge in [0.25, 0.3) is 0 Å². The molecule has 0 heterocycles. The van der Waals surface area contributed by atoms with E-state index < -0.39 is 0 Å². The van der Waals surface area contributed by atoms with E-state index in [0.29, 0.717) is 49.4 Å². The third-order valence-corrected chi connectivity index (χ3v) is 1.58. The molecule has 0 aromatic rings. The Hall–Kier alpha value is 1.17. The molecular weight excluding hydrogens is 779 g/mol. The van der Waals surface area contributed by atoms with E-state index in [1.54, 1.807) is 36.4 Å². The Bertz CT molecular complexity index is 447. The van der Waals surface area contributed by atoms with Crippen molar-refractivity contribution in [1.82, 2.24) is 0 Å². The predicted molar refractivity (Wildman–Crippen MR) is 162 cm³/mol. The summed E-state index contributed by atoms with van der Waals surface area (Å²) in [6, 6.07) is 10.5. The molecule has 0 unspecified atom stereocenters. The first-order valence-corrected chi connectivity index (χ1v) is 19.3. The summed E-state index contributed by atoms with van der Waals surface area (Å²) in [4.78, 5) is 0. The first-order chi connectivity index (χ1) is 18.1. The van der Waals surface area contributed by atoms with Crippen LogP contribution in [-0.4, -0.2) is 49.4 Å². The van der Waals surface area contributed by atoms with Crippen molar-refractivity contribution < 1.29 is 56.8 Å². The Morgan fingerprint density at radius 3 is 0.590 bits per heavy atom. The van der Waals surface area contributed by atoms with E-state index in [-0.39, 0.29) is 47.3 Å². The van der Waals surface area contributed by atoms with Crippen molar-refractivity contribution in [2.75, 3.05) is 49.4 Å². The number of ether oxygens (including phenoxy) is 2. The van der Waals surface area contributed by atoms with Gasteiger partial charge in [0.05, 0.1) is 36.4 Å². The maximum atomic E-state index is 7.32. The van der Waals surface area contributed by atoms with Crippen molar-refractivity contribution in [2.24, 2.45) is 0 Å². The van der Waals surface area contributed by atoms with E-state index in [1.165, 1.54) is 41.5 Å². The van der Waals surface area contributed by atoms with Gasteiger partial charge in [-0.15, -0.1) is 0 Å². The molecule has 0 atom stereocenters. The first kappa shape index (κ1) is 72.4. The summed E-state index contributed by atoms with van der Waals surface area (Å²) in [7, 11) is 19.4. The fourth-order valence-corrected chi connectivity index (χ4v) is 0.911. The van der Waals surface area contributed by atoms with E-state index >= 15 is 0 Å². The molecule has 1 radical (unpaired) electrons. The Morgan fingerprint density at radius 1 is 0.462 bits per heavy atom. The van der Waals surface area contributed by atoms with Crippen LogP contribution < -0.4 is 0 Å². The molecule has 0 amide bonds. The maximum Gasteiger partial charge on any atom is 0.0247 e. The molecule has 0 spiro atoms. The van der Waals surface area contributed by atoms with E-state index in [0.717, 1.165) is 0 Å². The maximum absolute atomic E-state index is 7.32. The molecule has 19 heteroatoms. The van der Waals surface area contributed by atoms with Gasteiger partial charge in [0.1, 0.15) is 0 Å². The summed E-state index contributed by atoms with van der Waals surface area (Å²) in [5, 5.41) is 43.9. The van der Waals surface area contributed by atoms with Gasteiger partial charge in [-0.1, -0.05) is 0 Å². The third kappa shape index (κ3) is 643. The van der Waals surface area contributed by atoms with Crippen LogP contribution in [0.4, 0.5) is 0 Å². The van der Waals surface area contributed by atoms with Crippen LogP contribution in [0.25, 0.3) is 0 Å². The zero-order chi connectivity index (χ0) is 32.7. The summed E-state index contributed by atoms with van der Waals surface area (Å²) >= 11 is 17.7. The van der Waals surface area contributed by atoms with Crippen molar-refractivity contribution in [3.05, 3.63) is 0 Å². The molecule has 0 fully saturated rings. The predicted octanol–water partition coefficient (Wildman–Crippen LogP) is 6.12. The number of nitriles is 6. The van der Waals surface area contributed by atoms with Crippen LogP contribution in [0.3, 0.4) is 0 Å². The SMILES string of the molecule is CC#N.CC#N.CC#N.CC#N.CC#N.CC#N.[Cl][V][Cl].[Cl][V][Cl].[S-]CCOCC[S-].[S-]CCOCC[S-].[V]. The molecule has 0 aromatic carbocycles. The van der Waals surface area contributed by atoms with Gasteiger partial charge in [0, 0.05) is 86.5 Å². The largest absolute Gasteiger partial charge is 0.790 e. The number of halogens is 4. The van der Waals surface area contributed by atoms with Crippen LogP contribution in [0.1, 0.15) is 41.5 Å². The van der Waals surface area contributed by atoms with Crippen LogP contribution in [0, 0.1) is 68.0 Å². The average molecular weight is 813 g/mol. The van der Waals surface area contributed by atoms with Crippen LogP contribution in [-0.2, 0) is 107 Å². The topological polar surface area (TPSA) is 161 Å². The number of hydrogen-bond donors (Lipinski definition) is 0. The second kappa shape index (κ2) is 155. The molecule has 0 rings (SSSR count). The smallest absolute Gasteiger partial charge is 0.0247 e. The molecule has 8 nitrogen and oxygen atoms in total. The Balaban J connectivity index is -0.0000000255. The van der Waals surface area contributed by atoms with Crippen LogP contribution in [0.15, 0.2) is 0 Å². The van der Waals surface area contributed by atoms with Gasteiger partial charge >= 0.3 is 68.1 Å². The second-order valence-corrected chi connectivity index (χ2v) is 9.76. The van der Waals surface area contributed by atoms with Gasteiger partial charge in [0.15, 0.2) is 0 Å². The molecule has 0 saturated heterocycles.